The molecule has 0 aromatic carbocycles. The largest absolute Gasteiger partial charge is 0.477 e. The Hall–Kier alpha value is -2.02. The standard InChI is InChI=1S/C11H13ClN2O5/c1-11(2,3)19-10(18)14-5-4-6(9(16)17)13-8(15)7(5)12/h4H,1-3H3,(H,16,17)(H2,13,14,15,18). The van der Waals surface area contributed by atoms with Crippen LogP contribution in [-0.2, 0) is 4.74 Å². The molecular weight excluding hydrogens is 276 g/mol. The summed E-state index contributed by atoms with van der Waals surface area (Å²) in [6.45, 7) is 4.98. The summed E-state index contributed by atoms with van der Waals surface area (Å²) < 4.78 is 4.97. The molecule has 0 saturated heterocycles. The molecule has 0 aliphatic carbocycles. The molecule has 1 rings (SSSR count). The molecule has 8 heteroatoms. The number of carboxylic acid groups (broad SMARTS) is 1. The number of aromatic nitrogens is 1. The molecule has 0 unspecified atom stereocenters. The Labute approximate surface area is 113 Å². The second-order valence-corrected chi connectivity index (χ2v) is 5.05. The maximum atomic E-state index is 11.5. The Kier molecular flexibility index (Phi) is 4.21. The lowest BCUT2D eigenvalue weighted by molar-refractivity contribution is 0.0632. The van der Waals surface area contributed by atoms with Crippen LogP contribution in [-0.4, -0.2) is 27.8 Å². The summed E-state index contributed by atoms with van der Waals surface area (Å²) in [6, 6.07) is 1.04. The van der Waals surface area contributed by atoms with Gasteiger partial charge in [0.1, 0.15) is 16.3 Å². The molecule has 0 fully saturated rings. The number of nitrogens with one attached hydrogen (secondary N) is 2. The third kappa shape index (κ3) is 4.29. The summed E-state index contributed by atoms with van der Waals surface area (Å²) in [4.78, 5) is 35.7. The number of rotatable bonds is 2. The number of aromatic carboxylic acids is 1. The maximum Gasteiger partial charge on any atom is 0.412 e. The molecule has 1 aromatic rings. The number of hydrogen-bond acceptors (Lipinski definition) is 4. The van der Waals surface area contributed by atoms with Gasteiger partial charge in [-0.1, -0.05) is 11.6 Å². The lowest BCUT2D eigenvalue weighted by Crippen LogP contribution is -2.28. The van der Waals surface area contributed by atoms with Crippen LogP contribution in [0, 0.1) is 0 Å². The number of anilines is 1. The molecule has 3 N–H and O–H groups in total. The number of halogens is 1. The van der Waals surface area contributed by atoms with Gasteiger partial charge in [-0.05, 0) is 26.8 Å². The minimum Gasteiger partial charge on any atom is -0.477 e. The summed E-state index contributed by atoms with van der Waals surface area (Å²) in [5, 5.41) is 10.7. The highest BCUT2D eigenvalue weighted by Crippen LogP contribution is 2.19. The average molecular weight is 289 g/mol. The van der Waals surface area contributed by atoms with E-state index in [4.69, 9.17) is 21.4 Å². The number of hydrogen-bond donors (Lipinski definition) is 3. The zero-order valence-electron chi connectivity index (χ0n) is 10.5. The minimum absolute atomic E-state index is 0.128. The van der Waals surface area contributed by atoms with Crippen molar-refractivity contribution in [2.45, 2.75) is 26.4 Å². The van der Waals surface area contributed by atoms with Crippen LogP contribution in [0.25, 0.3) is 0 Å². The third-order valence-corrected chi connectivity index (χ3v) is 2.21. The quantitative estimate of drug-likeness (QED) is 0.772. The third-order valence-electron chi connectivity index (χ3n) is 1.84. The number of aromatic amines is 1. The first-order valence-electron chi connectivity index (χ1n) is 5.26. The molecule has 0 bridgehead atoms. The molecular formula is C11H13ClN2O5. The maximum absolute atomic E-state index is 11.5. The summed E-state index contributed by atoms with van der Waals surface area (Å²) in [6.07, 6.45) is -0.837. The Morgan fingerprint density at radius 1 is 1.42 bits per heavy atom. The van der Waals surface area contributed by atoms with E-state index in [-0.39, 0.29) is 16.4 Å². The van der Waals surface area contributed by atoms with Crippen molar-refractivity contribution in [1.82, 2.24) is 4.98 Å². The highest BCUT2D eigenvalue weighted by Gasteiger charge is 2.19. The van der Waals surface area contributed by atoms with Crippen LogP contribution in [0.15, 0.2) is 10.9 Å². The number of pyridine rings is 1. The number of H-pyrrole nitrogens is 1. The zero-order valence-corrected chi connectivity index (χ0v) is 11.3. The zero-order chi connectivity index (χ0) is 14.8. The van der Waals surface area contributed by atoms with Crippen molar-refractivity contribution >= 4 is 29.4 Å². The van der Waals surface area contributed by atoms with Crippen LogP contribution in [0.2, 0.25) is 5.02 Å². The summed E-state index contributed by atoms with van der Waals surface area (Å²) >= 11 is 5.68. The van der Waals surface area contributed by atoms with Gasteiger partial charge in [0.15, 0.2) is 0 Å². The molecule has 0 aliphatic rings. The van der Waals surface area contributed by atoms with E-state index < -0.39 is 23.2 Å². The van der Waals surface area contributed by atoms with E-state index in [1.54, 1.807) is 20.8 Å². The van der Waals surface area contributed by atoms with Crippen LogP contribution >= 0.6 is 11.6 Å². The number of carbonyl (C=O) groups excluding carboxylic acids is 1. The van der Waals surface area contributed by atoms with Gasteiger partial charge < -0.3 is 14.8 Å². The highest BCUT2D eigenvalue weighted by atomic mass is 35.5. The SMILES string of the molecule is CC(C)(C)OC(=O)Nc1cc(C(=O)O)[nH]c(=O)c1Cl. The van der Waals surface area contributed by atoms with Gasteiger partial charge in [0.05, 0.1) is 5.69 Å². The van der Waals surface area contributed by atoms with E-state index in [0.29, 0.717) is 0 Å². The number of carbonyl (C=O) groups is 2. The normalized spacial score (nSPS) is 10.9. The van der Waals surface area contributed by atoms with Gasteiger partial charge in [0.2, 0.25) is 0 Å². The summed E-state index contributed by atoms with van der Waals surface area (Å²) in [7, 11) is 0. The fourth-order valence-corrected chi connectivity index (χ4v) is 1.31. The fraction of sp³-hybridized carbons (Fsp3) is 0.364. The molecule has 0 aliphatic heterocycles. The molecule has 0 spiro atoms. The van der Waals surface area contributed by atoms with Crippen molar-refractivity contribution < 1.29 is 19.4 Å². The van der Waals surface area contributed by atoms with Crippen molar-refractivity contribution in [3.8, 4) is 0 Å². The summed E-state index contributed by atoms with van der Waals surface area (Å²) in [5.41, 5.74) is -2.06. The molecule has 7 nitrogen and oxygen atoms in total. The van der Waals surface area contributed by atoms with Gasteiger partial charge in [-0.15, -0.1) is 0 Å². The van der Waals surface area contributed by atoms with E-state index in [2.05, 4.69) is 10.3 Å². The van der Waals surface area contributed by atoms with Crippen molar-refractivity contribution in [1.29, 1.82) is 0 Å². The lowest BCUT2D eigenvalue weighted by Gasteiger charge is -2.19. The first-order chi connectivity index (χ1) is 8.60. The Bertz CT molecular complexity index is 573. The molecule has 1 amide bonds. The van der Waals surface area contributed by atoms with Crippen LogP contribution in [0.3, 0.4) is 0 Å². The molecule has 104 valence electrons. The molecule has 0 saturated carbocycles. The van der Waals surface area contributed by atoms with Gasteiger partial charge in [-0.25, -0.2) is 9.59 Å². The number of amides is 1. The Balaban J connectivity index is 3.04. The van der Waals surface area contributed by atoms with Gasteiger partial charge in [0, 0.05) is 0 Å². The van der Waals surface area contributed by atoms with Crippen LogP contribution < -0.4 is 10.9 Å². The van der Waals surface area contributed by atoms with Crippen LogP contribution in [0.1, 0.15) is 31.3 Å². The van der Waals surface area contributed by atoms with E-state index in [9.17, 15) is 14.4 Å². The minimum atomic E-state index is -1.35. The number of ether oxygens (including phenoxy) is 1. The van der Waals surface area contributed by atoms with Crippen molar-refractivity contribution in [3.05, 3.63) is 27.1 Å². The Morgan fingerprint density at radius 3 is 2.47 bits per heavy atom. The number of carboxylic acids is 1. The van der Waals surface area contributed by atoms with Gasteiger partial charge in [-0.2, -0.15) is 0 Å². The van der Waals surface area contributed by atoms with Gasteiger partial charge in [-0.3, -0.25) is 10.1 Å². The Morgan fingerprint density at radius 2 is 2.00 bits per heavy atom. The van der Waals surface area contributed by atoms with Crippen LogP contribution in [0.4, 0.5) is 10.5 Å². The van der Waals surface area contributed by atoms with Gasteiger partial charge in [0.25, 0.3) is 5.56 Å². The monoisotopic (exact) mass is 288 g/mol. The second kappa shape index (κ2) is 5.31. The molecule has 0 radical (unpaired) electrons. The highest BCUT2D eigenvalue weighted by molar-refractivity contribution is 6.33. The first-order valence-corrected chi connectivity index (χ1v) is 5.64. The molecule has 19 heavy (non-hydrogen) atoms. The van der Waals surface area contributed by atoms with E-state index in [0.717, 1.165) is 6.07 Å². The second-order valence-electron chi connectivity index (χ2n) is 4.67. The van der Waals surface area contributed by atoms with E-state index >= 15 is 0 Å². The van der Waals surface area contributed by atoms with Crippen molar-refractivity contribution in [2.24, 2.45) is 0 Å². The average Bonchev–Trinajstić information content (AvgIpc) is 2.21. The smallest absolute Gasteiger partial charge is 0.412 e. The van der Waals surface area contributed by atoms with E-state index in [1.165, 1.54) is 0 Å². The molecule has 0 atom stereocenters. The topological polar surface area (TPSA) is 108 Å². The molecule has 1 heterocycles. The van der Waals surface area contributed by atoms with Gasteiger partial charge >= 0.3 is 12.1 Å². The first kappa shape index (κ1) is 15.0. The fourth-order valence-electron chi connectivity index (χ4n) is 1.16. The van der Waals surface area contributed by atoms with Crippen molar-refractivity contribution in [2.75, 3.05) is 5.32 Å². The van der Waals surface area contributed by atoms with Crippen LogP contribution in [0.5, 0.6) is 0 Å². The lowest BCUT2D eigenvalue weighted by atomic mass is 10.2. The predicted octanol–water partition coefficient (Wildman–Crippen LogP) is 2.07. The van der Waals surface area contributed by atoms with E-state index in [1.807, 2.05) is 0 Å². The predicted molar refractivity (Wildman–Crippen MR) is 68.9 cm³/mol. The summed E-state index contributed by atoms with van der Waals surface area (Å²) in [5.74, 6) is -1.35. The van der Waals surface area contributed by atoms with Crippen molar-refractivity contribution in [3.63, 3.8) is 0 Å². The molecule has 1 aromatic heterocycles.